The highest BCUT2D eigenvalue weighted by molar-refractivity contribution is 6.07. The molecule has 2 aliphatic carbocycles. The molecule has 2 heterocycles. The first-order chi connectivity index (χ1) is 17.2. The van der Waals surface area contributed by atoms with Crippen molar-refractivity contribution in [3.63, 3.8) is 0 Å². The van der Waals surface area contributed by atoms with Crippen molar-refractivity contribution >= 4 is 11.9 Å². The Balaban J connectivity index is 1.61. The summed E-state index contributed by atoms with van der Waals surface area (Å²) in [6.45, 7) is 7.51. The number of rotatable bonds is 7. The van der Waals surface area contributed by atoms with E-state index in [4.69, 9.17) is 4.74 Å². The van der Waals surface area contributed by atoms with Crippen molar-refractivity contribution in [2.45, 2.75) is 75.0 Å². The molecule has 1 saturated carbocycles. The summed E-state index contributed by atoms with van der Waals surface area (Å²) in [5.41, 5.74) is -0.131. The van der Waals surface area contributed by atoms with Crippen molar-refractivity contribution in [3.8, 4) is 5.75 Å². The van der Waals surface area contributed by atoms with Crippen LogP contribution in [0.3, 0.4) is 0 Å². The van der Waals surface area contributed by atoms with Gasteiger partial charge in [0.25, 0.3) is 5.91 Å². The maximum atomic E-state index is 13.9. The number of likely N-dealkylation sites (tertiary alicyclic amines) is 1. The zero-order chi connectivity index (χ0) is 25.9. The fourth-order valence-electron chi connectivity index (χ4n) is 8.01. The molecule has 8 heteroatoms. The van der Waals surface area contributed by atoms with Crippen LogP contribution in [-0.2, 0) is 16.6 Å². The number of carbonyl (C=O) groups excluding carboxylic acids is 2. The number of amides is 3. The van der Waals surface area contributed by atoms with E-state index in [1.54, 1.807) is 12.0 Å². The lowest BCUT2D eigenvalue weighted by Crippen LogP contribution is -2.76. The Bertz CT molecular complexity index is 1050. The molecule has 4 atom stereocenters. The van der Waals surface area contributed by atoms with Gasteiger partial charge in [0, 0.05) is 24.5 Å². The minimum absolute atomic E-state index is 0.00350. The predicted molar refractivity (Wildman–Crippen MR) is 138 cm³/mol. The second-order valence-corrected chi connectivity index (χ2v) is 11.5. The van der Waals surface area contributed by atoms with E-state index in [0.717, 1.165) is 50.2 Å². The second-order valence-electron chi connectivity index (χ2n) is 11.5. The first-order valence-corrected chi connectivity index (χ1v) is 13.6. The van der Waals surface area contributed by atoms with E-state index < -0.39 is 16.6 Å². The number of benzene rings is 1. The molecule has 36 heavy (non-hydrogen) atoms. The van der Waals surface area contributed by atoms with Gasteiger partial charge in [0.2, 0.25) is 0 Å². The van der Waals surface area contributed by atoms with Gasteiger partial charge in [0.05, 0.1) is 12.7 Å². The first kappa shape index (κ1) is 25.5. The van der Waals surface area contributed by atoms with E-state index in [2.05, 4.69) is 36.0 Å². The summed E-state index contributed by atoms with van der Waals surface area (Å²) in [4.78, 5) is 35.0. The number of nitrogens with zero attached hydrogens (tertiary/aromatic N) is 4. The zero-order valence-corrected chi connectivity index (χ0v) is 22.5. The first-order valence-electron chi connectivity index (χ1n) is 13.6. The largest absolute Gasteiger partial charge is 0.497 e. The van der Waals surface area contributed by atoms with Gasteiger partial charge in [-0.05, 0) is 109 Å². The van der Waals surface area contributed by atoms with Crippen LogP contribution in [0.1, 0.15) is 57.1 Å². The van der Waals surface area contributed by atoms with E-state index in [9.17, 15) is 14.7 Å². The van der Waals surface area contributed by atoms with Crippen molar-refractivity contribution in [2.24, 2.45) is 0 Å². The molecule has 0 radical (unpaired) electrons. The summed E-state index contributed by atoms with van der Waals surface area (Å²) in [6, 6.07) is 6.05. The van der Waals surface area contributed by atoms with E-state index in [1.165, 1.54) is 10.5 Å². The average Bonchev–Trinajstić information content (AvgIpc) is 3.05. The molecule has 4 aliphatic rings. The SMILES string of the molecule is CCN1C(=O)N(CC)C2(CCC3(O)C4Cc5ccc(OC)cc5C3(CCN4CCCN(C)C)C2)C1=O. The van der Waals surface area contributed by atoms with Gasteiger partial charge in [0.15, 0.2) is 0 Å². The van der Waals surface area contributed by atoms with Crippen LogP contribution >= 0.6 is 0 Å². The quantitative estimate of drug-likeness (QED) is 0.582. The minimum Gasteiger partial charge on any atom is -0.497 e. The molecule has 3 fully saturated rings. The van der Waals surface area contributed by atoms with Crippen molar-refractivity contribution in [1.29, 1.82) is 0 Å². The highest BCUT2D eigenvalue weighted by Gasteiger charge is 2.71. The van der Waals surface area contributed by atoms with E-state index in [1.807, 2.05) is 19.9 Å². The standard InChI is InChI=1S/C28H42N4O4/c1-6-31-24(33)27(32(7-2)25(31)34)11-12-28(35)23-17-20-9-10-21(36-5)18-22(20)26(28,19-27)13-16-30(23)15-8-14-29(3)4/h9-10,18,23,35H,6-8,11-17,19H2,1-5H3. The number of hydrogen-bond donors (Lipinski definition) is 1. The normalized spacial score (nSPS) is 33.9. The number of likely N-dealkylation sites (N-methyl/N-ethyl adjacent to an activating group) is 2. The van der Waals surface area contributed by atoms with E-state index in [0.29, 0.717) is 32.4 Å². The fourth-order valence-corrected chi connectivity index (χ4v) is 8.01. The van der Waals surface area contributed by atoms with Crippen LogP contribution in [0.15, 0.2) is 18.2 Å². The number of piperidine rings is 1. The number of imide groups is 1. The molecule has 2 aliphatic heterocycles. The van der Waals surface area contributed by atoms with E-state index >= 15 is 0 Å². The van der Waals surface area contributed by atoms with Gasteiger partial charge in [0.1, 0.15) is 11.3 Å². The summed E-state index contributed by atoms with van der Waals surface area (Å²) in [5, 5.41) is 12.7. The van der Waals surface area contributed by atoms with Crippen molar-refractivity contribution in [1.82, 2.24) is 19.6 Å². The molecule has 1 spiro atoms. The van der Waals surface area contributed by atoms with Gasteiger partial charge in [-0.1, -0.05) is 6.07 Å². The number of urea groups is 1. The fraction of sp³-hybridized carbons (Fsp3) is 0.714. The van der Waals surface area contributed by atoms with Crippen LogP contribution in [0.4, 0.5) is 4.79 Å². The molecule has 3 amide bonds. The Morgan fingerprint density at radius 1 is 1.14 bits per heavy atom. The second kappa shape index (κ2) is 8.99. The molecule has 198 valence electrons. The number of hydrogen-bond acceptors (Lipinski definition) is 6. The molecule has 1 aromatic rings. The average molecular weight is 499 g/mol. The molecule has 0 aromatic heterocycles. The van der Waals surface area contributed by atoms with Crippen molar-refractivity contribution < 1.29 is 19.4 Å². The molecule has 1 aromatic carbocycles. The predicted octanol–water partition coefficient (Wildman–Crippen LogP) is 2.47. The molecule has 5 rings (SSSR count). The lowest BCUT2D eigenvalue weighted by atomic mass is 9.46. The third-order valence-electron chi connectivity index (χ3n) is 9.71. The third-order valence-corrected chi connectivity index (χ3v) is 9.71. The van der Waals surface area contributed by atoms with Gasteiger partial charge in [-0.3, -0.25) is 14.6 Å². The van der Waals surface area contributed by atoms with Gasteiger partial charge < -0.3 is 19.6 Å². The van der Waals surface area contributed by atoms with Crippen molar-refractivity contribution in [2.75, 3.05) is 53.9 Å². The Morgan fingerprint density at radius 3 is 2.58 bits per heavy atom. The third kappa shape index (κ3) is 3.37. The summed E-state index contributed by atoms with van der Waals surface area (Å²) in [5.74, 6) is 0.682. The smallest absolute Gasteiger partial charge is 0.327 e. The topological polar surface area (TPSA) is 76.6 Å². The Morgan fingerprint density at radius 2 is 1.92 bits per heavy atom. The summed E-state index contributed by atoms with van der Waals surface area (Å²) < 4.78 is 5.62. The van der Waals surface area contributed by atoms with Gasteiger partial charge in [-0.15, -0.1) is 0 Å². The zero-order valence-electron chi connectivity index (χ0n) is 22.5. The van der Waals surface area contributed by atoms with Crippen LogP contribution in [-0.4, -0.2) is 108 Å². The molecular weight excluding hydrogens is 456 g/mol. The summed E-state index contributed by atoms with van der Waals surface area (Å²) >= 11 is 0. The van der Waals surface area contributed by atoms with Crippen LogP contribution < -0.4 is 4.74 Å². The lowest BCUT2D eigenvalue weighted by Gasteiger charge is -2.66. The highest BCUT2D eigenvalue weighted by atomic mass is 16.5. The Labute approximate surface area is 215 Å². The van der Waals surface area contributed by atoms with Gasteiger partial charge in [-0.2, -0.15) is 0 Å². The number of methoxy groups -OCH3 is 1. The monoisotopic (exact) mass is 498 g/mol. The highest BCUT2D eigenvalue weighted by Crippen LogP contribution is 2.62. The molecule has 4 unspecified atom stereocenters. The molecule has 8 nitrogen and oxygen atoms in total. The minimum atomic E-state index is -0.962. The Hall–Kier alpha value is -2.16. The number of ether oxygens (including phenoxy) is 1. The van der Waals surface area contributed by atoms with Gasteiger partial charge >= 0.3 is 6.03 Å². The summed E-state index contributed by atoms with van der Waals surface area (Å²) in [7, 11) is 5.86. The number of carbonyl (C=O) groups is 2. The maximum absolute atomic E-state index is 13.9. The van der Waals surface area contributed by atoms with Crippen LogP contribution in [0.2, 0.25) is 0 Å². The number of aliphatic hydroxyl groups is 1. The Kier molecular flexibility index (Phi) is 6.37. The van der Waals surface area contributed by atoms with Gasteiger partial charge in [-0.25, -0.2) is 4.79 Å². The van der Waals surface area contributed by atoms with Crippen LogP contribution in [0.25, 0.3) is 0 Å². The maximum Gasteiger partial charge on any atom is 0.327 e. The molecular formula is C28H42N4O4. The molecule has 2 bridgehead atoms. The molecule has 2 saturated heterocycles. The number of fused-ring (bicyclic) bond motifs is 1. The van der Waals surface area contributed by atoms with Crippen LogP contribution in [0.5, 0.6) is 5.75 Å². The van der Waals surface area contributed by atoms with Crippen LogP contribution in [0, 0.1) is 0 Å². The lowest BCUT2D eigenvalue weighted by molar-refractivity contribution is -0.188. The van der Waals surface area contributed by atoms with E-state index in [-0.39, 0.29) is 18.0 Å². The molecule has 1 N–H and O–H groups in total. The van der Waals surface area contributed by atoms with Crippen molar-refractivity contribution in [3.05, 3.63) is 29.3 Å². The summed E-state index contributed by atoms with van der Waals surface area (Å²) in [6.07, 6.45) is 4.07.